The smallest absolute Gasteiger partial charge is 0.304 e. The van der Waals surface area contributed by atoms with E-state index in [1.807, 2.05) is 12.1 Å². The molecule has 5 N–H and O–H groups in total. The molecule has 0 aliphatic heterocycles. The summed E-state index contributed by atoms with van der Waals surface area (Å²) < 4.78 is 0. The number of benzene rings is 2. The van der Waals surface area contributed by atoms with E-state index in [-0.39, 0.29) is 12.4 Å². The van der Waals surface area contributed by atoms with Gasteiger partial charge in [0.05, 0.1) is 17.5 Å². The van der Waals surface area contributed by atoms with Gasteiger partial charge in [0.25, 0.3) is 0 Å². The molecule has 30 heavy (non-hydrogen) atoms. The van der Waals surface area contributed by atoms with Crippen molar-refractivity contribution in [1.29, 1.82) is 0 Å². The van der Waals surface area contributed by atoms with Crippen molar-refractivity contribution in [1.82, 2.24) is 4.98 Å². The van der Waals surface area contributed by atoms with E-state index < -0.39 is 17.3 Å². The highest BCUT2D eigenvalue weighted by molar-refractivity contribution is 7.13. The molecule has 1 atom stereocenters. The Hall–Kier alpha value is -3.72. The molecule has 1 heterocycles. The molecule has 1 unspecified atom stereocenters. The lowest BCUT2D eigenvalue weighted by molar-refractivity contribution is -0.141. The van der Waals surface area contributed by atoms with E-state index >= 15 is 0 Å². The van der Waals surface area contributed by atoms with E-state index in [2.05, 4.69) is 9.98 Å². The summed E-state index contributed by atoms with van der Waals surface area (Å²) in [5, 5.41) is 11.5. The Morgan fingerprint density at radius 1 is 1.10 bits per heavy atom. The number of carboxylic acids is 1. The Morgan fingerprint density at radius 3 is 2.27 bits per heavy atom. The van der Waals surface area contributed by atoms with E-state index in [0.29, 0.717) is 22.2 Å². The highest BCUT2D eigenvalue weighted by Gasteiger charge is 2.42. The SMILES string of the molecule is CC(CC(=O)O)(C(=O)N(c1ccccc1)c1csc(N=C(N)N)n1)c1ccccc1. The van der Waals surface area contributed by atoms with E-state index in [4.69, 9.17) is 11.5 Å². The van der Waals surface area contributed by atoms with Gasteiger partial charge in [-0.25, -0.2) is 4.98 Å². The Labute approximate surface area is 177 Å². The number of para-hydroxylation sites is 1. The first-order valence-electron chi connectivity index (χ1n) is 9.03. The fourth-order valence-electron chi connectivity index (χ4n) is 3.11. The average Bonchev–Trinajstić information content (AvgIpc) is 3.16. The molecule has 9 heteroatoms. The van der Waals surface area contributed by atoms with Gasteiger partial charge in [-0.05, 0) is 24.6 Å². The van der Waals surface area contributed by atoms with E-state index in [1.54, 1.807) is 60.8 Å². The van der Waals surface area contributed by atoms with Crippen molar-refractivity contribution in [2.75, 3.05) is 4.90 Å². The second-order valence-corrected chi connectivity index (χ2v) is 7.61. The first-order chi connectivity index (χ1) is 14.3. The van der Waals surface area contributed by atoms with Crippen molar-refractivity contribution in [2.45, 2.75) is 18.8 Å². The van der Waals surface area contributed by atoms with Crippen LogP contribution in [0.5, 0.6) is 0 Å². The second-order valence-electron chi connectivity index (χ2n) is 6.77. The van der Waals surface area contributed by atoms with E-state index in [0.717, 1.165) is 0 Å². The number of nitrogens with zero attached hydrogens (tertiary/aromatic N) is 3. The minimum Gasteiger partial charge on any atom is -0.481 e. The summed E-state index contributed by atoms with van der Waals surface area (Å²) in [6, 6.07) is 17.8. The number of carboxylic acid groups (broad SMARTS) is 1. The van der Waals surface area contributed by atoms with Gasteiger partial charge in [0, 0.05) is 5.38 Å². The number of hydrogen-bond acceptors (Lipinski definition) is 5. The highest BCUT2D eigenvalue weighted by Crippen LogP contribution is 2.37. The lowest BCUT2D eigenvalue weighted by Gasteiger charge is -2.33. The van der Waals surface area contributed by atoms with Crippen LogP contribution in [0.2, 0.25) is 0 Å². The van der Waals surface area contributed by atoms with Gasteiger partial charge in [0.1, 0.15) is 0 Å². The highest BCUT2D eigenvalue weighted by atomic mass is 32.1. The standard InChI is InChI=1S/C21H21N5O3S/c1-21(12-17(27)28,14-8-4-2-5-9-14)18(29)26(15-10-6-3-7-11-15)16-13-30-20(24-16)25-19(22)23/h2-11,13H,12H2,1H3,(H,27,28)(H4,22,23,24,25). The maximum atomic E-state index is 13.9. The lowest BCUT2D eigenvalue weighted by Crippen LogP contribution is -2.44. The van der Waals surface area contributed by atoms with Crippen LogP contribution in [0.4, 0.5) is 16.6 Å². The van der Waals surface area contributed by atoms with Crippen molar-refractivity contribution in [3.63, 3.8) is 0 Å². The molecule has 1 amide bonds. The molecule has 0 aliphatic rings. The number of carbonyl (C=O) groups excluding carboxylic acids is 1. The van der Waals surface area contributed by atoms with Crippen LogP contribution >= 0.6 is 11.3 Å². The zero-order valence-electron chi connectivity index (χ0n) is 16.2. The Morgan fingerprint density at radius 2 is 1.70 bits per heavy atom. The summed E-state index contributed by atoms with van der Waals surface area (Å²) in [6.07, 6.45) is -0.385. The molecule has 2 aromatic carbocycles. The third-order valence-electron chi connectivity index (χ3n) is 4.54. The van der Waals surface area contributed by atoms with E-state index in [9.17, 15) is 14.7 Å². The number of nitrogens with two attached hydrogens (primary N) is 2. The summed E-state index contributed by atoms with van der Waals surface area (Å²) in [5.41, 5.74) is 10.7. The van der Waals surface area contributed by atoms with E-state index in [1.165, 1.54) is 16.2 Å². The fourth-order valence-corrected chi connectivity index (χ4v) is 3.78. The number of aromatic nitrogens is 1. The minimum atomic E-state index is -1.33. The second kappa shape index (κ2) is 8.75. The molecule has 0 bridgehead atoms. The number of guanidine groups is 1. The van der Waals surface area contributed by atoms with Crippen LogP contribution in [-0.2, 0) is 15.0 Å². The minimum absolute atomic E-state index is 0.145. The molecule has 0 aliphatic carbocycles. The van der Waals surface area contributed by atoms with Gasteiger partial charge >= 0.3 is 5.97 Å². The van der Waals surface area contributed by atoms with Gasteiger partial charge in [-0.15, -0.1) is 11.3 Å². The summed E-state index contributed by atoms with van der Waals surface area (Å²) >= 11 is 1.17. The number of anilines is 2. The van der Waals surface area contributed by atoms with Crippen LogP contribution in [0, 0.1) is 0 Å². The summed E-state index contributed by atoms with van der Waals surface area (Å²) in [5.74, 6) is -1.34. The van der Waals surface area contributed by atoms with Gasteiger partial charge in [-0.2, -0.15) is 4.99 Å². The molecular formula is C21H21N5O3S. The van der Waals surface area contributed by atoms with Crippen LogP contribution in [0.15, 0.2) is 71.0 Å². The Balaban J connectivity index is 2.14. The fraction of sp³-hybridized carbons (Fsp3) is 0.143. The van der Waals surface area contributed by atoms with Crippen molar-refractivity contribution in [3.05, 3.63) is 71.6 Å². The topological polar surface area (TPSA) is 135 Å². The number of rotatable bonds is 7. The van der Waals surface area contributed by atoms with Crippen molar-refractivity contribution in [2.24, 2.45) is 16.5 Å². The summed E-state index contributed by atoms with van der Waals surface area (Å²) in [6.45, 7) is 1.62. The molecular weight excluding hydrogens is 402 g/mol. The molecule has 3 aromatic rings. The van der Waals surface area contributed by atoms with Crippen LogP contribution in [0.3, 0.4) is 0 Å². The zero-order valence-corrected chi connectivity index (χ0v) is 17.0. The molecule has 0 saturated heterocycles. The normalized spacial score (nSPS) is 12.6. The average molecular weight is 423 g/mol. The Bertz CT molecular complexity index is 1060. The molecule has 3 rings (SSSR count). The van der Waals surface area contributed by atoms with Crippen LogP contribution in [-0.4, -0.2) is 27.9 Å². The zero-order chi connectivity index (χ0) is 21.7. The van der Waals surface area contributed by atoms with Crippen LogP contribution < -0.4 is 16.4 Å². The van der Waals surface area contributed by atoms with Crippen molar-refractivity contribution >= 4 is 45.8 Å². The lowest BCUT2D eigenvalue weighted by atomic mass is 9.78. The number of carbonyl (C=O) groups is 2. The van der Waals surface area contributed by atoms with Gasteiger partial charge < -0.3 is 16.6 Å². The van der Waals surface area contributed by atoms with Crippen LogP contribution in [0.1, 0.15) is 18.9 Å². The number of thiazole rings is 1. The molecule has 0 fully saturated rings. The maximum Gasteiger partial charge on any atom is 0.304 e. The molecule has 1 aromatic heterocycles. The van der Waals surface area contributed by atoms with Gasteiger partial charge in [0.2, 0.25) is 11.0 Å². The number of aliphatic carboxylic acids is 1. The predicted octanol–water partition coefficient (Wildman–Crippen LogP) is 3.15. The molecule has 154 valence electrons. The molecule has 0 spiro atoms. The number of aliphatic imine (C=N–C) groups is 1. The quantitative estimate of drug-likeness (QED) is 0.395. The van der Waals surface area contributed by atoms with Crippen molar-refractivity contribution in [3.8, 4) is 0 Å². The number of hydrogen-bond donors (Lipinski definition) is 3. The summed E-state index contributed by atoms with van der Waals surface area (Å²) in [4.78, 5) is 35.3. The van der Waals surface area contributed by atoms with Crippen LogP contribution in [0.25, 0.3) is 0 Å². The number of amides is 1. The largest absolute Gasteiger partial charge is 0.481 e. The molecule has 0 saturated carbocycles. The maximum absolute atomic E-state index is 13.9. The predicted molar refractivity (Wildman–Crippen MR) is 117 cm³/mol. The summed E-state index contributed by atoms with van der Waals surface area (Å²) in [7, 11) is 0. The molecule has 8 nitrogen and oxygen atoms in total. The molecule has 0 radical (unpaired) electrons. The Kier molecular flexibility index (Phi) is 6.12. The first-order valence-corrected chi connectivity index (χ1v) is 9.91. The van der Waals surface area contributed by atoms with Gasteiger partial charge in [-0.1, -0.05) is 48.5 Å². The third-order valence-corrected chi connectivity index (χ3v) is 5.26. The van der Waals surface area contributed by atoms with Crippen molar-refractivity contribution < 1.29 is 14.7 Å². The monoisotopic (exact) mass is 423 g/mol. The van der Waals surface area contributed by atoms with Gasteiger partial charge in [-0.3, -0.25) is 14.5 Å². The van der Waals surface area contributed by atoms with Gasteiger partial charge in [0.15, 0.2) is 11.8 Å². The first kappa shape index (κ1) is 21.0. The third kappa shape index (κ3) is 4.47.